The van der Waals surface area contributed by atoms with Crippen molar-refractivity contribution < 1.29 is 17.2 Å². The van der Waals surface area contributed by atoms with Crippen LogP contribution in [0.5, 0.6) is 0 Å². The quantitative estimate of drug-likeness (QED) is 0.846. The number of benzene rings is 2. The molecule has 0 amide bonds. The molecule has 5 heteroatoms. The molecule has 2 rings (SSSR count). The topological polar surface area (TPSA) is 34.1 Å². The van der Waals surface area contributed by atoms with Crippen molar-refractivity contribution in [1.82, 2.24) is 0 Å². The van der Waals surface area contributed by atoms with E-state index >= 15 is 0 Å². The molecule has 0 fully saturated rings. The van der Waals surface area contributed by atoms with E-state index in [1.165, 1.54) is 12.1 Å². The van der Waals surface area contributed by atoms with E-state index < -0.39 is 31.3 Å². The van der Waals surface area contributed by atoms with Crippen LogP contribution in [0.3, 0.4) is 0 Å². The Balaban J connectivity index is 2.65. The molecule has 0 saturated heterocycles. The summed E-state index contributed by atoms with van der Waals surface area (Å²) in [5.41, 5.74) is 1.20. The Labute approximate surface area is 110 Å². The average molecular weight is 282 g/mol. The zero-order chi connectivity index (χ0) is 14.2. The number of hydrogen-bond acceptors (Lipinski definition) is 2. The molecular weight excluding hydrogens is 270 g/mol. The summed E-state index contributed by atoms with van der Waals surface area (Å²) in [4.78, 5) is -1.03. The molecular formula is C14H12F2O2S. The summed E-state index contributed by atoms with van der Waals surface area (Å²) in [6.45, 7) is 3.29. The number of halogens is 2. The standard InChI is InChI=1S/C14H12F2O2S/c1-9-3-5-13(11(15)7-9)19(17,18)14-6-4-10(2)8-12(14)16/h3-8H,1-2H3. The number of aryl methyl sites for hydroxylation is 2. The molecule has 2 nitrogen and oxygen atoms in total. The smallest absolute Gasteiger partial charge is 0.212 e. The molecule has 2 aromatic rings. The maximum atomic E-state index is 13.7. The monoisotopic (exact) mass is 282 g/mol. The molecule has 0 saturated carbocycles. The van der Waals surface area contributed by atoms with Gasteiger partial charge < -0.3 is 0 Å². The van der Waals surface area contributed by atoms with E-state index in [-0.39, 0.29) is 0 Å². The van der Waals surface area contributed by atoms with Crippen LogP contribution in [0.4, 0.5) is 8.78 Å². The van der Waals surface area contributed by atoms with Crippen molar-refractivity contribution in [3.63, 3.8) is 0 Å². The van der Waals surface area contributed by atoms with Crippen LogP contribution in [-0.4, -0.2) is 8.42 Å². The SMILES string of the molecule is Cc1ccc(S(=O)(=O)c2ccc(C)cc2F)c(F)c1. The summed E-state index contributed by atoms with van der Waals surface area (Å²) in [5.74, 6) is -1.75. The van der Waals surface area contributed by atoms with E-state index in [9.17, 15) is 17.2 Å². The largest absolute Gasteiger partial charge is 0.218 e. The average Bonchev–Trinajstić information content (AvgIpc) is 2.27. The number of hydrogen-bond donors (Lipinski definition) is 0. The van der Waals surface area contributed by atoms with Crippen LogP contribution in [0.15, 0.2) is 46.2 Å². The fourth-order valence-corrected chi connectivity index (χ4v) is 3.13. The normalized spacial score (nSPS) is 11.6. The van der Waals surface area contributed by atoms with Gasteiger partial charge in [-0.25, -0.2) is 17.2 Å². The first-order valence-corrected chi connectivity index (χ1v) is 7.08. The molecule has 0 aliphatic rings. The van der Waals surface area contributed by atoms with Crippen LogP contribution < -0.4 is 0 Å². The number of rotatable bonds is 2. The molecule has 0 spiro atoms. The van der Waals surface area contributed by atoms with Crippen molar-refractivity contribution in [2.75, 3.05) is 0 Å². The molecule has 2 aromatic carbocycles. The zero-order valence-electron chi connectivity index (χ0n) is 10.4. The van der Waals surface area contributed by atoms with Crippen LogP contribution in [0.25, 0.3) is 0 Å². The fraction of sp³-hybridized carbons (Fsp3) is 0.143. The predicted octanol–water partition coefficient (Wildman–Crippen LogP) is 3.41. The summed E-state index contributed by atoms with van der Waals surface area (Å²) in [7, 11) is -4.18. The van der Waals surface area contributed by atoms with E-state index in [1.54, 1.807) is 13.8 Å². The third-order valence-corrected chi connectivity index (χ3v) is 4.57. The highest BCUT2D eigenvalue weighted by Crippen LogP contribution is 2.26. The molecule has 0 aliphatic carbocycles. The van der Waals surface area contributed by atoms with Crippen molar-refractivity contribution >= 4 is 9.84 Å². The van der Waals surface area contributed by atoms with E-state index in [0.717, 1.165) is 24.3 Å². The van der Waals surface area contributed by atoms with Crippen molar-refractivity contribution in [3.8, 4) is 0 Å². The summed E-state index contributed by atoms with van der Waals surface area (Å²) in [6.07, 6.45) is 0. The molecule has 19 heavy (non-hydrogen) atoms. The van der Waals surface area contributed by atoms with Gasteiger partial charge in [0.05, 0.1) is 0 Å². The Kier molecular flexibility index (Phi) is 3.41. The van der Waals surface area contributed by atoms with E-state index in [2.05, 4.69) is 0 Å². The van der Waals surface area contributed by atoms with Crippen molar-refractivity contribution in [3.05, 3.63) is 59.2 Å². The fourth-order valence-electron chi connectivity index (χ4n) is 1.77. The summed E-state index contributed by atoms with van der Waals surface area (Å²) in [5, 5.41) is 0. The van der Waals surface area contributed by atoms with E-state index in [4.69, 9.17) is 0 Å². The maximum Gasteiger partial charge on any atom is 0.212 e. The minimum absolute atomic E-state index is 0.513. The molecule has 0 aromatic heterocycles. The highest BCUT2D eigenvalue weighted by atomic mass is 32.2. The van der Waals surface area contributed by atoms with Crippen LogP contribution >= 0.6 is 0 Å². The first-order chi connectivity index (χ1) is 8.82. The molecule has 0 aliphatic heterocycles. The first kappa shape index (κ1) is 13.7. The summed E-state index contributed by atoms with van der Waals surface area (Å²) >= 11 is 0. The van der Waals surface area contributed by atoms with Gasteiger partial charge in [-0.15, -0.1) is 0 Å². The highest BCUT2D eigenvalue weighted by molar-refractivity contribution is 7.91. The Morgan fingerprint density at radius 2 is 1.16 bits per heavy atom. The van der Waals surface area contributed by atoms with Gasteiger partial charge in [0.15, 0.2) is 0 Å². The zero-order valence-corrected chi connectivity index (χ0v) is 11.3. The Morgan fingerprint density at radius 3 is 1.47 bits per heavy atom. The minimum Gasteiger partial charge on any atom is -0.218 e. The van der Waals surface area contributed by atoms with Gasteiger partial charge in [0, 0.05) is 0 Å². The second-order valence-electron chi connectivity index (χ2n) is 4.37. The minimum atomic E-state index is -4.18. The molecule has 0 radical (unpaired) electrons. The van der Waals surface area contributed by atoms with Gasteiger partial charge >= 0.3 is 0 Å². The third kappa shape index (κ3) is 2.51. The first-order valence-electron chi connectivity index (χ1n) is 5.60. The van der Waals surface area contributed by atoms with Crippen molar-refractivity contribution in [2.45, 2.75) is 23.6 Å². The lowest BCUT2D eigenvalue weighted by Crippen LogP contribution is -2.07. The lowest BCUT2D eigenvalue weighted by atomic mass is 10.2. The van der Waals surface area contributed by atoms with Crippen LogP contribution in [-0.2, 0) is 9.84 Å². The number of sulfone groups is 1. The molecule has 0 heterocycles. The Morgan fingerprint density at radius 1 is 0.789 bits per heavy atom. The van der Waals surface area contributed by atoms with Gasteiger partial charge in [0.25, 0.3) is 0 Å². The van der Waals surface area contributed by atoms with Gasteiger partial charge in [0.2, 0.25) is 9.84 Å². The Hall–Kier alpha value is -1.75. The van der Waals surface area contributed by atoms with Crippen LogP contribution in [0.2, 0.25) is 0 Å². The molecule has 0 bridgehead atoms. The second-order valence-corrected chi connectivity index (χ2v) is 6.26. The highest BCUT2D eigenvalue weighted by Gasteiger charge is 2.25. The lowest BCUT2D eigenvalue weighted by molar-refractivity contribution is 0.551. The third-order valence-electron chi connectivity index (χ3n) is 2.75. The van der Waals surface area contributed by atoms with Gasteiger partial charge in [0.1, 0.15) is 21.4 Å². The Bertz CT molecular complexity index is 680. The lowest BCUT2D eigenvalue weighted by Gasteiger charge is -2.08. The van der Waals surface area contributed by atoms with E-state index in [0.29, 0.717) is 11.1 Å². The van der Waals surface area contributed by atoms with Gasteiger partial charge in [-0.3, -0.25) is 0 Å². The molecule has 0 N–H and O–H groups in total. The van der Waals surface area contributed by atoms with Crippen molar-refractivity contribution in [2.24, 2.45) is 0 Å². The van der Waals surface area contributed by atoms with Gasteiger partial charge in [-0.2, -0.15) is 0 Å². The van der Waals surface area contributed by atoms with Gasteiger partial charge in [-0.1, -0.05) is 12.1 Å². The summed E-state index contributed by atoms with van der Waals surface area (Å²) < 4.78 is 51.9. The molecule has 100 valence electrons. The molecule has 0 unspecified atom stereocenters. The molecule has 0 atom stereocenters. The predicted molar refractivity (Wildman–Crippen MR) is 67.7 cm³/mol. The van der Waals surface area contributed by atoms with Crippen LogP contribution in [0.1, 0.15) is 11.1 Å². The maximum absolute atomic E-state index is 13.7. The second kappa shape index (κ2) is 4.74. The van der Waals surface area contributed by atoms with Gasteiger partial charge in [-0.05, 0) is 49.2 Å². The summed E-state index contributed by atoms with van der Waals surface area (Å²) in [6, 6.07) is 7.47. The van der Waals surface area contributed by atoms with E-state index in [1.807, 2.05) is 0 Å². The van der Waals surface area contributed by atoms with Crippen LogP contribution in [0, 0.1) is 25.5 Å². The van der Waals surface area contributed by atoms with Crippen molar-refractivity contribution in [1.29, 1.82) is 0 Å².